The van der Waals surface area contributed by atoms with Gasteiger partial charge in [0.25, 0.3) is 5.91 Å². The molecule has 7 nitrogen and oxygen atoms in total. The minimum Gasteiger partial charge on any atom is -0.462 e. The normalized spacial score (nSPS) is 11.9. The number of amides is 1. The molecule has 0 unspecified atom stereocenters. The van der Waals surface area contributed by atoms with Crippen LogP contribution in [-0.2, 0) is 18.8 Å². The minimum atomic E-state index is -0.383. The number of ether oxygens (including phenoxy) is 1. The molecule has 130 valence electrons. The van der Waals surface area contributed by atoms with Gasteiger partial charge >= 0.3 is 5.97 Å². The number of carbonyl (C=O) groups is 2. The number of rotatable bonds is 3. The van der Waals surface area contributed by atoms with Gasteiger partial charge in [-0.15, -0.1) is 0 Å². The number of hydrogen-bond donors (Lipinski definition) is 0. The highest BCUT2D eigenvalue weighted by molar-refractivity contribution is 7.16. The molecule has 3 aromatic rings. The fourth-order valence-electron chi connectivity index (χ4n) is 2.54. The Balaban J connectivity index is 2.05. The smallest absolute Gasteiger partial charge is 0.338 e. The molecule has 0 atom stereocenters. The Labute approximate surface area is 148 Å². The summed E-state index contributed by atoms with van der Waals surface area (Å²) in [6.07, 6.45) is 1.78. The summed E-state index contributed by atoms with van der Waals surface area (Å²) < 4.78 is 9.30. The lowest BCUT2D eigenvalue weighted by Crippen LogP contribution is -2.14. The number of benzene rings is 1. The molecule has 3 rings (SSSR count). The second-order valence-electron chi connectivity index (χ2n) is 5.60. The van der Waals surface area contributed by atoms with Crippen LogP contribution in [0, 0.1) is 6.92 Å². The molecule has 2 heterocycles. The van der Waals surface area contributed by atoms with E-state index in [0.717, 1.165) is 15.8 Å². The van der Waals surface area contributed by atoms with Crippen LogP contribution >= 0.6 is 11.3 Å². The monoisotopic (exact) mass is 358 g/mol. The van der Waals surface area contributed by atoms with Crippen molar-refractivity contribution >= 4 is 33.4 Å². The fraction of sp³-hybridized carbons (Fsp3) is 0.294. The third-order valence-electron chi connectivity index (χ3n) is 3.73. The molecule has 2 aromatic heterocycles. The number of nitrogens with zero attached hydrogens (tertiary/aromatic N) is 4. The summed E-state index contributed by atoms with van der Waals surface area (Å²) in [6, 6.07) is 5.29. The van der Waals surface area contributed by atoms with E-state index in [1.54, 1.807) is 37.0 Å². The van der Waals surface area contributed by atoms with Crippen molar-refractivity contribution in [2.75, 3.05) is 6.61 Å². The van der Waals surface area contributed by atoms with E-state index in [-0.39, 0.29) is 11.9 Å². The molecule has 0 saturated heterocycles. The lowest BCUT2D eigenvalue weighted by Gasteiger charge is -2.01. The zero-order valence-corrected chi connectivity index (χ0v) is 15.3. The number of thiazole rings is 1. The van der Waals surface area contributed by atoms with Crippen molar-refractivity contribution in [3.05, 3.63) is 46.0 Å². The van der Waals surface area contributed by atoms with Crippen molar-refractivity contribution in [1.29, 1.82) is 0 Å². The number of aromatic nitrogens is 3. The first-order valence-corrected chi connectivity index (χ1v) is 8.58. The summed E-state index contributed by atoms with van der Waals surface area (Å²) in [4.78, 5) is 29.0. The van der Waals surface area contributed by atoms with Gasteiger partial charge in [0, 0.05) is 25.9 Å². The molecule has 0 bridgehead atoms. The average Bonchev–Trinajstić information content (AvgIpc) is 3.06. The van der Waals surface area contributed by atoms with Crippen molar-refractivity contribution in [2.24, 2.45) is 19.1 Å². The second kappa shape index (κ2) is 6.64. The van der Waals surface area contributed by atoms with Gasteiger partial charge in [0.05, 0.1) is 22.4 Å². The Morgan fingerprint density at radius 2 is 2.08 bits per heavy atom. The van der Waals surface area contributed by atoms with E-state index in [4.69, 9.17) is 4.74 Å². The first-order chi connectivity index (χ1) is 11.9. The van der Waals surface area contributed by atoms with Gasteiger partial charge < -0.3 is 9.30 Å². The lowest BCUT2D eigenvalue weighted by atomic mass is 10.2. The number of aryl methyl sites for hydroxylation is 3. The van der Waals surface area contributed by atoms with Crippen LogP contribution in [0.1, 0.15) is 33.3 Å². The molecular weight excluding hydrogens is 340 g/mol. The second-order valence-corrected chi connectivity index (χ2v) is 6.61. The van der Waals surface area contributed by atoms with Gasteiger partial charge in [-0.1, -0.05) is 11.3 Å². The zero-order chi connectivity index (χ0) is 18.1. The molecule has 0 aliphatic carbocycles. The Hall–Kier alpha value is -2.74. The summed E-state index contributed by atoms with van der Waals surface area (Å²) in [6.45, 7) is 3.92. The average molecular weight is 358 g/mol. The third kappa shape index (κ3) is 3.25. The van der Waals surface area contributed by atoms with Crippen LogP contribution in [0.4, 0.5) is 0 Å². The van der Waals surface area contributed by atoms with Crippen LogP contribution in [0.25, 0.3) is 10.2 Å². The van der Waals surface area contributed by atoms with Crippen LogP contribution in [0.2, 0.25) is 0 Å². The molecule has 0 N–H and O–H groups in total. The van der Waals surface area contributed by atoms with Gasteiger partial charge in [-0.05, 0) is 32.0 Å². The molecule has 1 amide bonds. The van der Waals surface area contributed by atoms with Crippen molar-refractivity contribution in [2.45, 2.75) is 13.8 Å². The van der Waals surface area contributed by atoms with E-state index in [9.17, 15) is 9.59 Å². The first kappa shape index (κ1) is 17.1. The van der Waals surface area contributed by atoms with Gasteiger partial charge in [-0.25, -0.2) is 4.79 Å². The number of hydrogen-bond acceptors (Lipinski definition) is 5. The van der Waals surface area contributed by atoms with Gasteiger partial charge in [0.2, 0.25) is 0 Å². The molecule has 0 aliphatic heterocycles. The van der Waals surface area contributed by atoms with Gasteiger partial charge in [0.1, 0.15) is 0 Å². The van der Waals surface area contributed by atoms with E-state index in [0.29, 0.717) is 22.7 Å². The quantitative estimate of drug-likeness (QED) is 0.673. The molecule has 0 spiro atoms. The molecule has 0 aliphatic rings. The summed E-state index contributed by atoms with van der Waals surface area (Å²) in [7, 11) is 3.60. The zero-order valence-electron chi connectivity index (χ0n) is 14.4. The van der Waals surface area contributed by atoms with Crippen LogP contribution in [-0.4, -0.2) is 32.8 Å². The molecule has 0 fully saturated rings. The topological polar surface area (TPSA) is 78.5 Å². The van der Waals surface area contributed by atoms with Crippen molar-refractivity contribution < 1.29 is 14.3 Å². The Morgan fingerprint density at radius 3 is 2.72 bits per heavy atom. The molecular formula is C17H18N4O3S. The maximum atomic E-state index is 12.4. The number of carbonyl (C=O) groups excluding carboxylic acids is 2. The van der Waals surface area contributed by atoms with Crippen molar-refractivity contribution in [3.8, 4) is 0 Å². The van der Waals surface area contributed by atoms with Crippen LogP contribution in [0.5, 0.6) is 0 Å². The third-order valence-corrected chi connectivity index (χ3v) is 4.83. The Kier molecular flexibility index (Phi) is 4.54. The van der Waals surface area contributed by atoms with Crippen molar-refractivity contribution in [3.63, 3.8) is 0 Å². The van der Waals surface area contributed by atoms with Crippen LogP contribution < -0.4 is 4.80 Å². The summed E-state index contributed by atoms with van der Waals surface area (Å²) in [5.74, 6) is -0.745. The SMILES string of the molecule is CCOC(=O)c1ccc2c(c1)sc(=NC(=O)c1nn(C)cc1C)n2C. The summed E-state index contributed by atoms with van der Waals surface area (Å²) in [5, 5.41) is 4.16. The number of fused-ring (bicyclic) bond motifs is 1. The van der Waals surface area contributed by atoms with E-state index >= 15 is 0 Å². The molecule has 25 heavy (non-hydrogen) atoms. The molecule has 1 aromatic carbocycles. The maximum Gasteiger partial charge on any atom is 0.338 e. The predicted molar refractivity (Wildman–Crippen MR) is 94.6 cm³/mol. The molecule has 0 saturated carbocycles. The van der Waals surface area contributed by atoms with Gasteiger partial charge in [-0.2, -0.15) is 10.1 Å². The number of esters is 1. The highest BCUT2D eigenvalue weighted by Crippen LogP contribution is 2.19. The van der Waals surface area contributed by atoms with Crippen molar-refractivity contribution in [1.82, 2.24) is 14.3 Å². The maximum absolute atomic E-state index is 12.4. The summed E-state index contributed by atoms with van der Waals surface area (Å²) >= 11 is 1.34. The van der Waals surface area contributed by atoms with Crippen LogP contribution in [0.3, 0.4) is 0 Å². The lowest BCUT2D eigenvalue weighted by molar-refractivity contribution is 0.0526. The Morgan fingerprint density at radius 1 is 1.32 bits per heavy atom. The van der Waals surface area contributed by atoms with Gasteiger partial charge in [0.15, 0.2) is 10.5 Å². The largest absolute Gasteiger partial charge is 0.462 e. The first-order valence-electron chi connectivity index (χ1n) is 7.76. The summed E-state index contributed by atoms with van der Waals surface area (Å²) in [5.41, 5.74) is 2.49. The minimum absolute atomic E-state index is 0.327. The molecule has 0 radical (unpaired) electrons. The Bertz CT molecular complexity index is 1040. The fourth-order valence-corrected chi connectivity index (χ4v) is 3.60. The highest BCUT2D eigenvalue weighted by atomic mass is 32.1. The highest BCUT2D eigenvalue weighted by Gasteiger charge is 2.14. The van der Waals surface area contributed by atoms with E-state index < -0.39 is 0 Å². The predicted octanol–water partition coefficient (Wildman–Crippen LogP) is 2.20. The van der Waals surface area contributed by atoms with E-state index in [1.165, 1.54) is 11.3 Å². The standard InChI is InChI=1S/C17H18N4O3S/c1-5-24-16(23)11-6-7-12-13(8-11)25-17(21(12)4)18-15(22)14-10(2)9-20(3)19-14/h6-9H,5H2,1-4H3. The van der Waals surface area contributed by atoms with Gasteiger partial charge in [-0.3, -0.25) is 9.48 Å². The molecule has 8 heteroatoms. The van der Waals surface area contributed by atoms with E-state index in [2.05, 4.69) is 10.1 Å². The van der Waals surface area contributed by atoms with Crippen LogP contribution in [0.15, 0.2) is 29.4 Å². The van der Waals surface area contributed by atoms with E-state index in [1.807, 2.05) is 24.6 Å².